The number of halogens is 1. The van der Waals surface area contributed by atoms with Gasteiger partial charge in [-0.3, -0.25) is 9.59 Å². The van der Waals surface area contributed by atoms with Gasteiger partial charge in [0.05, 0.1) is 12.5 Å². The molecule has 0 spiro atoms. The number of aliphatic hydroxyl groups is 1. The summed E-state index contributed by atoms with van der Waals surface area (Å²) < 4.78 is 0. The number of nitrogens with zero attached hydrogens (tertiary/aromatic N) is 2. The number of benzene rings is 1. The van der Waals surface area contributed by atoms with Crippen molar-refractivity contribution in [2.45, 2.75) is 25.9 Å². The summed E-state index contributed by atoms with van der Waals surface area (Å²) in [6.45, 7) is 4.02. The molecule has 0 aliphatic carbocycles. The Kier molecular flexibility index (Phi) is 5.80. The van der Waals surface area contributed by atoms with E-state index in [1.54, 1.807) is 34.1 Å². The van der Waals surface area contributed by atoms with Gasteiger partial charge < -0.3 is 14.9 Å². The van der Waals surface area contributed by atoms with Crippen LogP contribution in [-0.2, 0) is 9.59 Å². The second-order valence-electron chi connectivity index (χ2n) is 5.39. The molecule has 1 saturated heterocycles. The summed E-state index contributed by atoms with van der Waals surface area (Å²) >= 11 is 5.81. The van der Waals surface area contributed by atoms with Gasteiger partial charge in [-0.1, -0.05) is 30.7 Å². The Hall–Kier alpha value is -1.59. The van der Waals surface area contributed by atoms with Crippen LogP contribution in [0.25, 0.3) is 0 Å². The minimum atomic E-state index is -0.833. The molecule has 0 bridgehead atoms. The molecule has 1 heterocycles. The first-order chi connectivity index (χ1) is 10.5. The van der Waals surface area contributed by atoms with Gasteiger partial charge in [-0.05, 0) is 17.7 Å². The molecule has 0 saturated carbocycles. The zero-order valence-corrected chi connectivity index (χ0v) is 13.4. The minimum Gasteiger partial charge on any atom is -0.388 e. The smallest absolute Gasteiger partial charge is 0.225 e. The van der Waals surface area contributed by atoms with Gasteiger partial charge in [-0.15, -0.1) is 0 Å². The molecule has 2 rings (SSSR count). The van der Waals surface area contributed by atoms with Gasteiger partial charge in [-0.25, -0.2) is 0 Å². The van der Waals surface area contributed by atoms with Crippen LogP contribution in [0.5, 0.6) is 0 Å². The summed E-state index contributed by atoms with van der Waals surface area (Å²) in [5.41, 5.74) is 0.678. The van der Waals surface area contributed by atoms with Crippen LogP contribution >= 0.6 is 11.6 Å². The van der Waals surface area contributed by atoms with Crippen LogP contribution in [0.15, 0.2) is 24.3 Å². The Morgan fingerprint density at radius 3 is 2.09 bits per heavy atom. The van der Waals surface area contributed by atoms with E-state index in [-0.39, 0.29) is 18.2 Å². The molecular weight excluding hydrogens is 304 g/mol. The summed E-state index contributed by atoms with van der Waals surface area (Å²) in [5, 5.41) is 10.7. The maximum atomic E-state index is 12.2. The summed E-state index contributed by atoms with van der Waals surface area (Å²) in [4.78, 5) is 27.3. The molecular formula is C16H21ClN2O3. The fourth-order valence-corrected chi connectivity index (χ4v) is 2.65. The summed E-state index contributed by atoms with van der Waals surface area (Å²) in [6.07, 6.45) is -0.299. The molecule has 1 aliphatic heterocycles. The van der Waals surface area contributed by atoms with E-state index in [0.29, 0.717) is 43.2 Å². The normalized spacial score (nSPS) is 16.5. The van der Waals surface area contributed by atoms with Crippen molar-refractivity contribution in [3.05, 3.63) is 34.9 Å². The lowest BCUT2D eigenvalue weighted by Gasteiger charge is -2.35. The van der Waals surface area contributed by atoms with Crippen molar-refractivity contribution < 1.29 is 14.7 Å². The summed E-state index contributed by atoms with van der Waals surface area (Å²) in [7, 11) is 0. The predicted molar refractivity (Wildman–Crippen MR) is 84.5 cm³/mol. The van der Waals surface area contributed by atoms with Gasteiger partial charge in [0, 0.05) is 37.6 Å². The molecule has 1 fully saturated rings. The summed E-state index contributed by atoms with van der Waals surface area (Å²) in [6, 6.07) is 6.83. The topological polar surface area (TPSA) is 60.9 Å². The first kappa shape index (κ1) is 16.8. The van der Waals surface area contributed by atoms with E-state index in [4.69, 9.17) is 11.6 Å². The molecule has 120 valence electrons. The van der Waals surface area contributed by atoms with Crippen LogP contribution in [0, 0.1) is 0 Å². The largest absolute Gasteiger partial charge is 0.388 e. The van der Waals surface area contributed by atoms with Crippen molar-refractivity contribution in [2.75, 3.05) is 26.2 Å². The number of carbonyl (C=O) groups is 2. The van der Waals surface area contributed by atoms with Crippen molar-refractivity contribution in [3.63, 3.8) is 0 Å². The maximum absolute atomic E-state index is 12.2. The third-order valence-corrected chi connectivity index (χ3v) is 4.16. The molecule has 22 heavy (non-hydrogen) atoms. The average Bonchev–Trinajstić information content (AvgIpc) is 2.54. The average molecular weight is 325 g/mol. The highest BCUT2D eigenvalue weighted by atomic mass is 35.5. The quantitative estimate of drug-likeness (QED) is 0.919. The number of rotatable bonds is 4. The van der Waals surface area contributed by atoms with E-state index in [2.05, 4.69) is 0 Å². The molecule has 1 aromatic carbocycles. The third-order valence-electron chi connectivity index (χ3n) is 3.91. The van der Waals surface area contributed by atoms with Gasteiger partial charge in [0.25, 0.3) is 0 Å². The van der Waals surface area contributed by atoms with Gasteiger partial charge in [0.2, 0.25) is 11.8 Å². The van der Waals surface area contributed by atoms with Gasteiger partial charge in [0.15, 0.2) is 0 Å². The number of carbonyl (C=O) groups excluding carboxylic acids is 2. The Bertz CT molecular complexity index is 525. The lowest BCUT2D eigenvalue weighted by molar-refractivity contribution is -0.140. The fourth-order valence-electron chi connectivity index (χ4n) is 2.53. The van der Waals surface area contributed by atoms with Crippen molar-refractivity contribution in [2.24, 2.45) is 0 Å². The summed E-state index contributed by atoms with van der Waals surface area (Å²) in [5.74, 6) is 0.0272. The van der Waals surface area contributed by atoms with E-state index in [0.717, 1.165) is 0 Å². The van der Waals surface area contributed by atoms with Crippen LogP contribution in [0.1, 0.15) is 31.4 Å². The van der Waals surface area contributed by atoms with Gasteiger partial charge in [0.1, 0.15) is 0 Å². The van der Waals surface area contributed by atoms with Crippen molar-refractivity contribution in [1.29, 1.82) is 0 Å². The zero-order chi connectivity index (χ0) is 16.1. The molecule has 2 amide bonds. The Labute approximate surface area is 135 Å². The molecule has 6 heteroatoms. The Morgan fingerprint density at radius 2 is 1.59 bits per heavy atom. The molecule has 5 nitrogen and oxygen atoms in total. The van der Waals surface area contributed by atoms with Crippen LogP contribution in [0.3, 0.4) is 0 Å². The zero-order valence-electron chi connectivity index (χ0n) is 12.7. The van der Waals surface area contributed by atoms with E-state index >= 15 is 0 Å². The molecule has 1 N–H and O–H groups in total. The standard InChI is InChI=1S/C16H21ClN2O3/c1-2-15(21)18-7-9-19(10-8-18)16(22)11-14(20)12-3-5-13(17)6-4-12/h3-6,14,20H,2,7-11H2,1H3. The third kappa shape index (κ3) is 4.21. The van der Waals surface area contributed by atoms with E-state index in [1.807, 2.05) is 6.92 Å². The van der Waals surface area contributed by atoms with Crippen molar-refractivity contribution >= 4 is 23.4 Å². The lowest BCUT2D eigenvalue weighted by atomic mass is 10.1. The highest BCUT2D eigenvalue weighted by Crippen LogP contribution is 2.20. The van der Waals surface area contributed by atoms with Crippen molar-refractivity contribution in [1.82, 2.24) is 9.80 Å². The highest BCUT2D eigenvalue weighted by molar-refractivity contribution is 6.30. The SMILES string of the molecule is CCC(=O)N1CCN(C(=O)CC(O)c2ccc(Cl)cc2)CC1. The van der Waals surface area contributed by atoms with Crippen LogP contribution in [-0.4, -0.2) is 52.9 Å². The monoisotopic (exact) mass is 324 g/mol. The Balaban J connectivity index is 1.85. The molecule has 1 atom stereocenters. The van der Waals surface area contributed by atoms with Crippen LogP contribution in [0.4, 0.5) is 0 Å². The highest BCUT2D eigenvalue weighted by Gasteiger charge is 2.24. The van der Waals surface area contributed by atoms with Crippen LogP contribution < -0.4 is 0 Å². The Morgan fingerprint density at radius 1 is 1.09 bits per heavy atom. The van der Waals surface area contributed by atoms with Crippen molar-refractivity contribution in [3.8, 4) is 0 Å². The number of piperazine rings is 1. The number of hydrogen-bond donors (Lipinski definition) is 1. The number of hydrogen-bond acceptors (Lipinski definition) is 3. The number of aliphatic hydroxyl groups excluding tert-OH is 1. The lowest BCUT2D eigenvalue weighted by Crippen LogP contribution is -2.50. The molecule has 0 aromatic heterocycles. The first-order valence-electron chi connectivity index (χ1n) is 7.50. The molecule has 1 aliphatic rings. The molecule has 1 unspecified atom stereocenters. The van der Waals surface area contributed by atoms with Crippen LogP contribution in [0.2, 0.25) is 5.02 Å². The van der Waals surface area contributed by atoms with E-state index in [1.165, 1.54) is 0 Å². The first-order valence-corrected chi connectivity index (χ1v) is 7.88. The van der Waals surface area contributed by atoms with E-state index < -0.39 is 6.10 Å². The minimum absolute atomic E-state index is 0.0450. The fraction of sp³-hybridized carbons (Fsp3) is 0.500. The maximum Gasteiger partial charge on any atom is 0.225 e. The van der Waals surface area contributed by atoms with Gasteiger partial charge >= 0.3 is 0 Å². The molecule has 0 radical (unpaired) electrons. The van der Waals surface area contributed by atoms with E-state index in [9.17, 15) is 14.7 Å². The number of amides is 2. The second kappa shape index (κ2) is 7.61. The molecule has 1 aromatic rings. The second-order valence-corrected chi connectivity index (χ2v) is 5.82. The van der Waals surface area contributed by atoms with Gasteiger partial charge in [-0.2, -0.15) is 0 Å². The predicted octanol–water partition coefficient (Wildman–Crippen LogP) is 1.84.